The zero-order valence-corrected chi connectivity index (χ0v) is 17.9. The molecule has 0 saturated carbocycles. The Hall–Kier alpha value is -1.79. The summed E-state index contributed by atoms with van der Waals surface area (Å²) in [6.45, 7) is 3.79. The van der Waals surface area contributed by atoms with E-state index in [4.69, 9.17) is 16.3 Å². The van der Waals surface area contributed by atoms with Crippen molar-refractivity contribution in [2.24, 2.45) is 0 Å². The Labute approximate surface area is 177 Å². The second-order valence-corrected chi connectivity index (χ2v) is 8.41. The molecule has 1 N–H and O–H groups in total. The van der Waals surface area contributed by atoms with E-state index in [-0.39, 0.29) is 30.6 Å². The van der Waals surface area contributed by atoms with Gasteiger partial charge in [-0.3, -0.25) is 9.59 Å². The molecule has 2 saturated heterocycles. The van der Waals surface area contributed by atoms with E-state index >= 15 is 0 Å². The zero-order chi connectivity index (χ0) is 20.8. The maximum absolute atomic E-state index is 13.4. The number of carbonyl (C=O) groups excluding carboxylic acids is 2. The number of piperidine rings is 2. The van der Waals surface area contributed by atoms with Crippen LogP contribution in [0.4, 0.5) is 0 Å². The van der Waals surface area contributed by atoms with E-state index in [0.717, 1.165) is 45.1 Å². The number of amides is 2. The molecule has 0 radical (unpaired) electrons. The zero-order valence-electron chi connectivity index (χ0n) is 17.1. The molecule has 1 aromatic rings. The molecule has 160 valence electrons. The SMILES string of the molecule is CC(=O)N1CCC(Oc2ccc(Cl)cc2C(=O)N2CCCCC2CCCO)CC1. The second kappa shape index (κ2) is 10.3. The summed E-state index contributed by atoms with van der Waals surface area (Å²) < 4.78 is 6.21. The summed E-state index contributed by atoms with van der Waals surface area (Å²) in [4.78, 5) is 28.7. The molecular weight excluding hydrogens is 392 g/mol. The number of hydrogen-bond acceptors (Lipinski definition) is 4. The lowest BCUT2D eigenvalue weighted by Gasteiger charge is -2.36. The van der Waals surface area contributed by atoms with Crippen LogP contribution >= 0.6 is 11.6 Å². The van der Waals surface area contributed by atoms with Crippen LogP contribution in [0.2, 0.25) is 5.02 Å². The molecule has 2 amide bonds. The predicted molar refractivity (Wildman–Crippen MR) is 112 cm³/mol. The van der Waals surface area contributed by atoms with Gasteiger partial charge < -0.3 is 19.6 Å². The van der Waals surface area contributed by atoms with Crippen LogP contribution in [0.25, 0.3) is 0 Å². The van der Waals surface area contributed by atoms with Crippen LogP contribution < -0.4 is 4.74 Å². The summed E-state index contributed by atoms with van der Waals surface area (Å²) in [5, 5.41) is 9.70. The number of benzene rings is 1. The molecule has 2 aliphatic rings. The highest BCUT2D eigenvalue weighted by atomic mass is 35.5. The smallest absolute Gasteiger partial charge is 0.257 e. The van der Waals surface area contributed by atoms with Gasteiger partial charge in [-0.15, -0.1) is 0 Å². The lowest BCUT2D eigenvalue weighted by atomic mass is 9.97. The Balaban J connectivity index is 1.74. The molecule has 29 heavy (non-hydrogen) atoms. The van der Waals surface area contributed by atoms with Gasteiger partial charge in [0.15, 0.2) is 0 Å². The molecular formula is C22H31ClN2O4. The molecule has 0 aliphatic carbocycles. The molecule has 2 fully saturated rings. The summed E-state index contributed by atoms with van der Waals surface area (Å²) in [6.07, 6.45) is 6.04. The minimum Gasteiger partial charge on any atom is -0.489 e. The van der Waals surface area contributed by atoms with Gasteiger partial charge >= 0.3 is 0 Å². The molecule has 1 atom stereocenters. The number of ether oxygens (including phenoxy) is 1. The monoisotopic (exact) mass is 422 g/mol. The van der Waals surface area contributed by atoms with Crippen LogP contribution in [0.5, 0.6) is 5.75 Å². The number of aliphatic hydroxyl groups is 1. The number of aliphatic hydroxyl groups excluding tert-OH is 1. The fourth-order valence-corrected chi connectivity index (χ4v) is 4.46. The van der Waals surface area contributed by atoms with Crippen molar-refractivity contribution in [2.45, 2.75) is 64.0 Å². The number of carbonyl (C=O) groups is 2. The topological polar surface area (TPSA) is 70.1 Å². The molecule has 0 bridgehead atoms. The van der Waals surface area contributed by atoms with Gasteiger partial charge in [-0.2, -0.15) is 0 Å². The van der Waals surface area contributed by atoms with Crippen molar-refractivity contribution >= 4 is 23.4 Å². The summed E-state index contributed by atoms with van der Waals surface area (Å²) in [5.74, 6) is 0.600. The molecule has 3 rings (SSSR count). The third kappa shape index (κ3) is 5.64. The highest BCUT2D eigenvalue weighted by molar-refractivity contribution is 6.31. The van der Waals surface area contributed by atoms with Crippen LogP contribution in [-0.4, -0.2) is 65.1 Å². The number of rotatable bonds is 6. The summed E-state index contributed by atoms with van der Waals surface area (Å²) in [5.41, 5.74) is 0.502. The first-order chi connectivity index (χ1) is 14.0. The van der Waals surface area contributed by atoms with E-state index in [9.17, 15) is 14.7 Å². The number of likely N-dealkylation sites (tertiary alicyclic amines) is 2. The highest BCUT2D eigenvalue weighted by Crippen LogP contribution is 2.30. The number of halogens is 1. The van der Waals surface area contributed by atoms with Gasteiger partial charge in [0.05, 0.1) is 5.56 Å². The van der Waals surface area contributed by atoms with Gasteiger partial charge in [0.1, 0.15) is 11.9 Å². The molecule has 1 aromatic carbocycles. The van der Waals surface area contributed by atoms with Crippen molar-refractivity contribution in [1.82, 2.24) is 9.80 Å². The Kier molecular flexibility index (Phi) is 7.78. The van der Waals surface area contributed by atoms with Gasteiger partial charge in [0.2, 0.25) is 5.91 Å². The lowest BCUT2D eigenvalue weighted by molar-refractivity contribution is -0.130. The van der Waals surface area contributed by atoms with Gasteiger partial charge in [-0.1, -0.05) is 11.6 Å². The minimum absolute atomic E-state index is 0.0233. The molecule has 0 spiro atoms. The standard InChI is InChI=1S/C22H31ClN2O4/c1-16(27)24-12-9-19(10-13-24)29-21-8-7-17(23)15-20(21)22(28)25-11-3-2-5-18(25)6-4-14-26/h7-8,15,18-19,26H,2-6,9-14H2,1H3. The Morgan fingerprint density at radius 2 is 1.93 bits per heavy atom. The van der Waals surface area contributed by atoms with Crippen molar-refractivity contribution in [1.29, 1.82) is 0 Å². The average molecular weight is 423 g/mol. The predicted octanol–water partition coefficient (Wildman–Crippen LogP) is 3.50. The molecule has 1 unspecified atom stereocenters. The first-order valence-electron chi connectivity index (χ1n) is 10.6. The second-order valence-electron chi connectivity index (χ2n) is 7.98. The van der Waals surface area contributed by atoms with E-state index in [2.05, 4.69) is 0 Å². The summed E-state index contributed by atoms with van der Waals surface area (Å²) in [7, 11) is 0. The quantitative estimate of drug-likeness (QED) is 0.761. The highest BCUT2D eigenvalue weighted by Gasteiger charge is 2.30. The van der Waals surface area contributed by atoms with Crippen LogP contribution in [-0.2, 0) is 4.79 Å². The van der Waals surface area contributed by atoms with Gasteiger partial charge in [-0.05, 0) is 50.3 Å². The Bertz CT molecular complexity index is 719. The molecule has 6 nitrogen and oxygen atoms in total. The largest absolute Gasteiger partial charge is 0.489 e. The van der Waals surface area contributed by atoms with Crippen molar-refractivity contribution in [3.8, 4) is 5.75 Å². The molecule has 2 aliphatic heterocycles. The summed E-state index contributed by atoms with van der Waals surface area (Å²) >= 11 is 6.21. The van der Waals surface area contributed by atoms with E-state index in [1.165, 1.54) is 0 Å². The van der Waals surface area contributed by atoms with E-state index in [1.807, 2.05) is 9.80 Å². The van der Waals surface area contributed by atoms with E-state index < -0.39 is 0 Å². The average Bonchev–Trinajstić information content (AvgIpc) is 2.73. The van der Waals surface area contributed by atoms with Crippen molar-refractivity contribution in [2.75, 3.05) is 26.2 Å². The van der Waals surface area contributed by atoms with Crippen LogP contribution in [0.3, 0.4) is 0 Å². The Morgan fingerprint density at radius 1 is 1.17 bits per heavy atom. The first-order valence-corrected chi connectivity index (χ1v) is 11.0. The van der Waals surface area contributed by atoms with Crippen molar-refractivity contribution in [3.63, 3.8) is 0 Å². The lowest BCUT2D eigenvalue weighted by Crippen LogP contribution is -2.44. The Morgan fingerprint density at radius 3 is 2.62 bits per heavy atom. The molecule has 0 aromatic heterocycles. The number of nitrogens with zero attached hydrogens (tertiary/aromatic N) is 2. The van der Waals surface area contributed by atoms with Crippen LogP contribution in [0.1, 0.15) is 62.2 Å². The van der Waals surface area contributed by atoms with E-state index in [0.29, 0.717) is 35.8 Å². The first kappa shape index (κ1) is 21.9. The van der Waals surface area contributed by atoms with Gasteiger partial charge in [-0.25, -0.2) is 0 Å². The minimum atomic E-state index is -0.0497. The van der Waals surface area contributed by atoms with Crippen molar-refractivity contribution in [3.05, 3.63) is 28.8 Å². The fraction of sp³-hybridized carbons (Fsp3) is 0.636. The third-order valence-electron chi connectivity index (χ3n) is 5.94. The molecule has 7 heteroatoms. The summed E-state index contributed by atoms with van der Waals surface area (Å²) in [6, 6.07) is 5.37. The van der Waals surface area contributed by atoms with E-state index in [1.54, 1.807) is 25.1 Å². The van der Waals surface area contributed by atoms with Crippen LogP contribution in [0.15, 0.2) is 18.2 Å². The molecule has 2 heterocycles. The van der Waals surface area contributed by atoms with Gasteiger partial charge in [0, 0.05) is 57.1 Å². The maximum atomic E-state index is 13.4. The number of hydrogen-bond donors (Lipinski definition) is 1. The maximum Gasteiger partial charge on any atom is 0.257 e. The normalized spacial score (nSPS) is 20.6. The van der Waals surface area contributed by atoms with Crippen molar-refractivity contribution < 1.29 is 19.4 Å². The van der Waals surface area contributed by atoms with Gasteiger partial charge in [0.25, 0.3) is 5.91 Å². The fourth-order valence-electron chi connectivity index (χ4n) is 4.29. The van der Waals surface area contributed by atoms with Crippen LogP contribution in [0, 0.1) is 0 Å². The third-order valence-corrected chi connectivity index (χ3v) is 6.17.